The molecule has 0 aliphatic carbocycles. The van der Waals surface area contributed by atoms with E-state index in [2.05, 4.69) is 0 Å². The van der Waals surface area contributed by atoms with Crippen LogP contribution in [0.1, 0.15) is 6.42 Å². The summed E-state index contributed by atoms with van der Waals surface area (Å²) in [6, 6.07) is 0. The van der Waals surface area contributed by atoms with Gasteiger partial charge in [-0.05, 0) is 0 Å². The molecule has 15 heavy (non-hydrogen) atoms. The molecule has 0 aliphatic rings. The molecule has 0 amide bonds. The Kier molecular flexibility index (Phi) is 3.43. The maximum absolute atomic E-state index is 10.8. The largest absolute Gasteiger partial charge is 0.481 e. The van der Waals surface area contributed by atoms with Crippen molar-refractivity contribution in [2.24, 2.45) is 13.0 Å². The number of nitrogens with zero attached hydrogens (tertiary/aromatic N) is 2. The summed E-state index contributed by atoms with van der Waals surface area (Å²) in [7, 11) is 1.81. The highest BCUT2D eigenvalue weighted by Crippen LogP contribution is 2.06. The number of carbonyl (C=O) groups is 2. The van der Waals surface area contributed by atoms with Gasteiger partial charge in [-0.15, -0.1) is 0 Å². The fourth-order valence-electron chi connectivity index (χ4n) is 1.30. The zero-order chi connectivity index (χ0) is 11.4. The van der Waals surface area contributed by atoms with E-state index in [-0.39, 0.29) is 13.0 Å². The summed E-state index contributed by atoms with van der Waals surface area (Å²) in [4.78, 5) is 21.2. The van der Waals surface area contributed by atoms with Gasteiger partial charge in [0.05, 0.1) is 13.5 Å². The van der Waals surface area contributed by atoms with Crippen molar-refractivity contribution in [3.8, 4) is 0 Å². The van der Waals surface area contributed by atoms with Crippen molar-refractivity contribution in [2.45, 2.75) is 13.0 Å². The second-order valence-corrected chi connectivity index (χ2v) is 3.41. The predicted octanol–water partition coefficient (Wildman–Crippen LogP) is -0.512. The molecule has 1 heterocycles. The molecule has 0 saturated heterocycles. The van der Waals surface area contributed by atoms with Crippen LogP contribution < -0.4 is 4.57 Å². The van der Waals surface area contributed by atoms with Gasteiger partial charge in [0.1, 0.15) is 24.9 Å². The van der Waals surface area contributed by atoms with E-state index in [4.69, 9.17) is 10.2 Å². The Labute approximate surface area is 86.4 Å². The van der Waals surface area contributed by atoms with E-state index in [9.17, 15) is 9.59 Å². The summed E-state index contributed by atoms with van der Waals surface area (Å²) in [6.07, 6.45) is 4.81. The van der Waals surface area contributed by atoms with E-state index < -0.39 is 17.9 Å². The molecular weight excluding hydrogens is 200 g/mol. The van der Waals surface area contributed by atoms with Crippen LogP contribution in [-0.4, -0.2) is 26.7 Å². The highest BCUT2D eigenvalue weighted by Gasteiger charge is 2.23. The number of hydrogen-bond acceptors (Lipinski definition) is 2. The van der Waals surface area contributed by atoms with Gasteiger partial charge in [-0.2, -0.15) is 0 Å². The maximum atomic E-state index is 10.8. The van der Waals surface area contributed by atoms with E-state index in [1.54, 1.807) is 27.9 Å². The summed E-state index contributed by atoms with van der Waals surface area (Å²) in [5.41, 5.74) is 0. The van der Waals surface area contributed by atoms with Gasteiger partial charge in [0.25, 0.3) is 0 Å². The number of imidazole rings is 1. The predicted molar refractivity (Wildman–Crippen MR) is 49.0 cm³/mol. The molecule has 0 saturated carbocycles. The smallest absolute Gasteiger partial charge is 0.311 e. The van der Waals surface area contributed by atoms with Gasteiger partial charge in [-0.3, -0.25) is 9.59 Å². The van der Waals surface area contributed by atoms with E-state index in [0.29, 0.717) is 0 Å². The van der Waals surface area contributed by atoms with Gasteiger partial charge >= 0.3 is 11.9 Å². The molecule has 1 atom stereocenters. The van der Waals surface area contributed by atoms with Crippen molar-refractivity contribution in [3.63, 3.8) is 0 Å². The van der Waals surface area contributed by atoms with Gasteiger partial charge in [-0.25, -0.2) is 9.13 Å². The Morgan fingerprint density at radius 2 is 2.13 bits per heavy atom. The summed E-state index contributed by atoms with van der Waals surface area (Å²) in [6.45, 7) is 0.169. The zero-order valence-corrected chi connectivity index (χ0v) is 8.33. The molecule has 0 aliphatic heterocycles. The molecule has 0 spiro atoms. The van der Waals surface area contributed by atoms with Crippen molar-refractivity contribution >= 4 is 11.9 Å². The third kappa shape index (κ3) is 3.41. The molecule has 1 unspecified atom stereocenters. The van der Waals surface area contributed by atoms with Crippen molar-refractivity contribution < 1.29 is 24.4 Å². The normalized spacial score (nSPS) is 12.3. The minimum Gasteiger partial charge on any atom is -0.481 e. The molecule has 0 aromatic carbocycles. The number of carboxylic acid groups (broad SMARTS) is 2. The first-order valence-electron chi connectivity index (χ1n) is 4.44. The fourth-order valence-corrected chi connectivity index (χ4v) is 1.30. The standard InChI is InChI=1S/C9H12N2O4/c1-10-2-3-11(6-10)5-7(9(14)15)4-8(12)13/h2-3,6-7H,4-5H2,1H3,(H-,12,13,14,15)/p+1. The lowest BCUT2D eigenvalue weighted by atomic mass is 10.1. The molecule has 1 rings (SSSR count). The van der Waals surface area contributed by atoms with E-state index in [1.807, 2.05) is 7.05 Å². The lowest BCUT2D eigenvalue weighted by Gasteiger charge is -2.06. The molecule has 0 fully saturated rings. The minimum absolute atomic E-state index is 0.169. The van der Waals surface area contributed by atoms with Crippen LogP contribution in [0.25, 0.3) is 0 Å². The van der Waals surface area contributed by atoms with Gasteiger partial charge < -0.3 is 10.2 Å². The first-order chi connectivity index (χ1) is 6.99. The van der Waals surface area contributed by atoms with Crippen molar-refractivity contribution in [3.05, 3.63) is 18.7 Å². The molecule has 1 aromatic rings. The molecule has 82 valence electrons. The number of aromatic nitrogens is 2. The van der Waals surface area contributed by atoms with E-state index in [1.165, 1.54) is 0 Å². The maximum Gasteiger partial charge on any atom is 0.311 e. The average Bonchev–Trinajstić information content (AvgIpc) is 2.49. The molecule has 6 nitrogen and oxygen atoms in total. The van der Waals surface area contributed by atoms with E-state index in [0.717, 1.165) is 0 Å². The monoisotopic (exact) mass is 213 g/mol. The van der Waals surface area contributed by atoms with Crippen LogP contribution in [0.3, 0.4) is 0 Å². The Morgan fingerprint density at radius 3 is 2.53 bits per heavy atom. The van der Waals surface area contributed by atoms with Crippen molar-refractivity contribution in [1.82, 2.24) is 4.57 Å². The summed E-state index contributed by atoms with van der Waals surface area (Å²) >= 11 is 0. The lowest BCUT2D eigenvalue weighted by Crippen LogP contribution is -2.26. The van der Waals surface area contributed by atoms with Crippen LogP contribution in [0, 0.1) is 5.92 Å². The van der Waals surface area contributed by atoms with Gasteiger partial charge in [-0.1, -0.05) is 0 Å². The number of carboxylic acids is 2. The van der Waals surface area contributed by atoms with Crippen LogP contribution in [0.4, 0.5) is 0 Å². The topological polar surface area (TPSA) is 83.4 Å². The minimum atomic E-state index is -1.10. The highest BCUT2D eigenvalue weighted by atomic mass is 16.4. The quantitative estimate of drug-likeness (QED) is 0.645. The molecule has 6 heteroatoms. The van der Waals surface area contributed by atoms with Crippen LogP contribution >= 0.6 is 0 Å². The number of hydrogen-bond donors (Lipinski definition) is 2. The number of aryl methyl sites for hydroxylation is 1. The second kappa shape index (κ2) is 4.59. The number of rotatable bonds is 5. The van der Waals surface area contributed by atoms with Crippen LogP contribution in [-0.2, 0) is 23.2 Å². The van der Waals surface area contributed by atoms with Gasteiger partial charge in [0.2, 0.25) is 6.33 Å². The molecular formula is C9H13N2O4+. The van der Waals surface area contributed by atoms with Crippen molar-refractivity contribution in [1.29, 1.82) is 0 Å². The number of aliphatic carboxylic acids is 2. The van der Waals surface area contributed by atoms with Crippen LogP contribution in [0.2, 0.25) is 0 Å². The Morgan fingerprint density at radius 1 is 1.47 bits per heavy atom. The third-order valence-corrected chi connectivity index (χ3v) is 2.03. The third-order valence-electron chi connectivity index (χ3n) is 2.03. The second-order valence-electron chi connectivity index (χ2n) is 3.41. The molecule has 0 bridgehead atoms. The summed E-state index contributed by atoms with van der Waals surface area (Å²) < 4.78 is 3.42. The summed E-state index contributed by atoms with van der Waals surface area (Å²) in [5, 5.41) is 17.3. The van der Waals surface area contributed by atoms with Gasteiger partial charge in [0.15, 0.2) is 0 Å². The average molecular weight is 213 g/mol. The Balaban J connectivity index is 2.66. The summed E-state index contributed by atoms with van der Waals surface area (Å²) in [5.74, 6) is -3.08. The van der Waals surface area contributed by atoms with E-state index >= 15 is 0 Å². The highest BCUT2D eigenvalue weighted by molar-refractivity contribution is 5.77. The first kappa shape index (κ1) is 11.2. The Bertz CT molecular complexity index is 372. The van der Waals surface area contributed by atoms with Crippen LogP contribution in [0.5, 0.6) is 0 Å². The van der Waals surface area contributed by atoms with Crippen LogP contribution in [0.15, 0.2) is 18.7 Å². The SMILES string of the molecule is C[n+]1ccn(CC(CC(=O)O)C(=O)O)c1. The fraction of sp³-hybridized carbons (Fsp3) is 0.444. The molecule has 2 N–H and O–H groups in total. The van der Waals surface area contributed by atoms with Gasteiger partial charge in [0, 0.05) is 0 Å². The molecule has 0 radical (unpaired) electrons. The zero-order valence-electron chi connectivity index (χ0n) is 8.33. The first-order valence-corrected chi connectivity index (χ1v) is 4.44. The molecule has 1 aromatic heterocycles. The Hall–Kier alpha value is -1.85. The lowest BCUT2D eigenvalue weighted by molar-refractivity contribution is -0.671. The van der Waals surface area contributed by atoms with Crippen molar-refractivity contribution in [2.75, 3.05) is 0 Å².